The number of esters is 1. The molecule has 3 aromatic rings. The van der Waals surface area contributed by atoms with Crippen molar-refractivity contribution >= 4 is 40.8 Å². The molecule has 0 aliphatic heterocycles. The molecule has 0 saturated heterocycles. The zero-order valence-corrected chi connectivity index (χ0v) is 18.9. The largest absolute Gasteiger partial charge is 0.493 e. The van der Waals surface area contributed by atoms with E-state index in [1.165, 1.54) is 37.4 Å². The number of methoxy groups -OCH3 is 1. The Morgan fingerprint density at radius 2 is 1.68 bits per heavy atom. The Hall–Kier alpha value is -4.24. The number of hydrazone groups is 1. The number of rotatable bonds is 6. The van der Waals surface area contributed by atoms with Crippen LogP contribution in [0.1, 0.15) is 22.8 Å². The van der Waals surface area contributed by atoms with Gasteiger partial charge in [-0.05, 0) is 55.5 Å². The summed E-state index contributed by atoms with van der Waals surface area (Å²) >= 11 is 5.91. The van der Waals surface area contributed by atoms with Gasteiger partial charge in [-0.2, -0.15) is 5.10 Å². The van der Waals surface area contributed by atoms with Crippen molar-refractivity contribution in [1.29, 1.82) is 0 Å². The lowest BCUT2D eigenvalue weighted by atomic mass is 10.1. The molecule has 0 spiro atoms. The Morgan fingerprint density at radius 3 is 2.38 bits per heavy atom. The van der Waals surface area contributed by atoms with Crippen LogP contribution >= 0.6 is 11.6 Å². The number of carbonyl (C=O) groups is 3. The fraction of sp³-hybridized carbons (Fsp3) is 0.0833. The Labute approximate surface area is 199 Å². The van der Waals surface area contributed by atoms with Crippen LogP contribution in [0.2, 0.25) is 5.02 Å². The highest BCUT2D eigenvalue weighted by Gasteiger charge is 2.16. The standard InChI is InChI=1S/C24H19ClFN3O5/c1-14(28-29-23(31)22(30)27-19-9-4-3-8-18(19)26)15-10-11-20(21(13-15)33-2)34-24(32)16-6-5-7-17(25)12-16/h3-13H,1-2H3,(H,27,30)(H,29,31)/b28-14+. The van der Waals surface area contributed by atoms with E-state index >= 15 is 0 Å². The van der Waals surface area contributed by atoms with E-state index in [-0.39, 0.29) is 22.7 Å². The molecule has 0 heterocycles. The van der Waals surface area contributed by atoms with Crippen molar-refractivity contribution in [3.8, 4) is 11.5 Å². The Morgan fingerprint density at radius 1 is 0.912 bits per heavy atom. The maximum atomic E-state index is 13.6. The van der Waals surface area contributed by atoms with Gasteiger partial charge in [0.1, 0.15) is 5.82 Å². The summed E-state index contributed by atoms with van der Waals surface area (Å²) in [6, 6.07) is 16.4. The van der Waals surface area contributed by atoms with E-state index in [1.54, 1.807) is 37.3 Å². The maximum absolute atomic E-state index is 13.6. The van der Waals surface area contributed by atoms with Gasteiger partial charge in [0.2, 0.25) is 0 Å². The number of carbonyl (C=O) groups excluding carboxylic acids is 3. The molecule has 0 aromatic heterocycles. The van der Waals surface area contributed by atoms with E-state index in [0.29, 0.717) is 16.3 Å². The molecular formula is C24H19ClFN3O5. The Bertz CT molecular complexity index is 1280. The normalized spacial score (nSPS) is 10.9. The van der Waals surface area contributed by atoms with Crippen molar-refractivity contribution in [3.05, 3.63) is 88.7 Å². The van der Waals surface area contributed by atoms with Gasteiger partial charge in [-0.15, -0.1) is 0 Å². The zero-order valence-electron chi connectivity index (χ0n) is 18.1. The van der Waals surface area contributed by atoms with Crippen molar-refractivity contribution < 1.29 is 28.2 Å². The molecule has 3 aromatic carbocycles. The molecule has 0 radical (unpaired) electrons. The van der Waals surface area contributed by atoms with Crippen molar-refractivity contribution in [2.24, 2.45) is 5.10 Å². The average molecular weight is 484 g/mol. The number of para-hydroxylation sites is 1. The highest BCUT2D eigenvalue weighted by molar-refractivity contribution is 6.39. The summed E-state index contributed by atoms with van der Waals surface area (Å²) in [5.41, 5.74) is 3.10. The van der Waals surface area contributed by atoms with Gasteiger partial charge in [0.25, 0.3) is 0 Å². The summed E-state index contributed by atoms with van der Waals surface area (Å²) < 4.78 is 24.3. The number of anilines is 1. The van der Waals surface area contributed by atoms with E-state index in [1.807, 2.05) is 0 Å². The third kappa shape index (κ3) is 6.17. The molecule has 2 amide bonds. The SMILES string of the molecule is COc1cc(/C(C)=N/NC(=O)C(=O)Nc2ccccc2F)ccc1OC(=O)c1cccc(Cl)c1. The average Bonchev–Trinajstić information content (AvgIpc) is 2.83. The van der Waals surface area contributed by atoms with E-state index in [4.69, 9.17) is 21.1 Å². The van der Waals surface area contributed by atoms with E-state index < -0.39 is 23.6 Å². The number of amides is 2. The van der Waals surface area contributed by atoms with Crippen LogP contribution in [0.5, 0.6) is 11.5 Å². The molecule has 8 nitrogen and oxygen atoms in total. The molecule has 0 aliphatic carbocycles. The van der Waals surface area contributed by atoms with Crippen molar-refractivity contribution in [2.75, 3.05) is 12.4 Å². The minimum atomic E-state index is -1.08. The van der Waals surface area contributed by atoms with Crippen molar-refractivity contribution in [1.82, 2.24) is 5.43 Å². The highest BCUT2D eigenvalue weighted by atomic mass is 35.5. The minimum Gasteiger partial charge on any atom is -0.493 e. The fourth-order valence-electron chi connectivity index (χ4n) is 2.74. The summed E-state index contributed by atoms with van der Waals surface area (Å²) in [5, 5.41) is 6.45. The molecule has 0 atom stereocenters. The number of nitrogens with one attached hydrogen (secondary N) is 2. The number of halogens is 2. The smallest absolute Gasteiger partial charge is 0.343 e. The summed E-state index contributed by atoms with van der Waals surface area (Å²) in [7, 11) is 1.40. The van der Waals surface area contributed by atoms with E-state index in [0.717, 1.165) is 6.07 Å². The first kappa shape index (κ1) is 24.4. The van der Waals surface area contributed by atoms with Crippen LogP contribution in [0.15, 0.2) is 71.8 Å². The van der Waals surface area contributed by atoms with Gasteiger partial charge in [0.05, 0.1) is 24.1 Å². The Kier molecular flexibility index (Phi) is 7.94. The molecular weight excluding hydrogens is 465 g/mol. The molecule has 34 heavy (non-hydrogen) atoms. The molecule has 0 unspecified atom stereocenters. The fourth-order valence-corrected chi connectivity index (χ4v) is 2.93. The predicted octanol–water partition coefficient (Wildman–Crippen LogP) is 4.19. The van der Waals surface area contributed by atoms with Crippen LogP contribution in [0.25, 0.3) is 0 Å². The predicted molar refractivity (Wildman–Crippen MR) is 125 cm³/mol. The Balaban J connectivity index is 1.68. The van der Waals surface area contributed by atoms with Crippen molar-refractivity contribution in [3.63, 3.8) is 0 Å². The third-order valence-electron chi connectivity index (χ3n) is 4.50. The third-order valence-corrected chi connectivity index (χ3v) is 4.73. The molecule has 0 saturated carbocycles. The topological polar surface area (TPSA) is 106 Å². The second-order valence-corrected chi connectivity index (χ2v) is 7.27. The lowest BCUT2D eigenvalue weighted by Crippen LogP contribution is -2.33. The number of hydrogen-bond acceptors (Lipinski definition) is 6. The number of nitrogens with zero attached hydrogens (tertiary/aromatic N) is 1. The first-order valence-electron chi connectivity index (χ1n) is 9.84. The molecule has 0 aliphatic rings. The number of hydrogen-bond donors (Lipinski definition) is 2. The van der Waals surface area contributed by atoms with Gasteiger partial charge < -0.3 is 14.8 Å². The zero-order chi connectivity index (χ0) is 24.7. The van der Waals surface area contributed by atoms with Gasteiger partial charge in [-0.1, -0.05) is 29.8 Å². The monoisotopic (exact) mass is 483 g/mol. The summed E-state index contributed by atoms with van der Waals surface area (Å²) in [5.74, 6) is -3.05. The second kappa shape index (κ2) is 11.1. The first-order chi connectivity index (χ1) is 16.3. The van der Waals surface area contributed by atoms with Gasteiger partial charge >= 0.3 is 17.8 Å². The number of benzene rings is 3. The van der Waals surface area contributed by atoms with Crippen LogP contribution in [0, 0.1) is 5.82 Å². The van der Waals surface area contributed by atoms with Crippen LogP contribution in [0.3, 0.4) is 0 Å². The van der Waals surface area contributed by atoms with Crippen LogP contribution in [-0.2, 0) is 9.59 Å². The molecule has 0 fully saturated rings. The van der Waals surface area contributed by atoms with Crippen molar-refractivity contribution in [2.45, 2.75) is 6.92 Å². The summed E-state index contributed by atoms with van der Waals surface area (Å²) in [6.07, 6.45) is 0. The summed E-state index contributed by atoms with van der Waals surface area (Å²) in [6.45, 7) is 1.58. The van der Waals surface area contributed by atoms with Gasteiger partial charge in [0, 0.05) is 10.6 Å². The van der Waals surface area contributed by atoms with Gasteiger partial charge in [-0.3, -0.25) is 9.59 Å². The molecule has 3 rings (SSSR count). The molecule has 0 bridgehead atoms. The van der Waals surface area contributed by atoms with Crippen LogP contribution < -0.4 is 20.2 Å². The van der Waals surface area contributed by atoms with Crippen LogP contribution in [-0.4, -0.2) is 30.6 Å². The summed E-state index contributed by atoms with van der Waals surface area (Å²) in [4.78, 5) is 36.3. The minimum absolute atomic E-state index is 0.129. The van der Waals surface area contributed by atoms with Gasteiger partial charge in [0.15, 0.2) is 11.5 Å². The maximum Gasteiger partial charge on any atom is 0.343 e. The lowest BCUT2D eigenvalue weighted by molar-refractivity contribution is -0.136. The van der Waals surface area contributed by atoms with Crippen LogP contribution in [0.4, 0.5) is 10.1 Å². The quantitative estimate of drug-likeness (QED) is 0.180. The molecule has 174 valence electrons. The highest BCUT2D eigenvalue weighted by Crippen LogP contribution is 2.29. The lowest BCUT2D eigenvalue weighted by Gasteiger charge is -2.11. The second-order valence-electron chi connectivity index (χ2n) is 6.84. The van der Waals surface area contributed by atoms with E-state index in [2.05, 4.69) is 15.8 Å². The van der Waals surface area contributed by atoms with E-state index in [9.17, 15) is 18.8 Å². The van der Waals surface area contributed by atoms with Gasteiger partial charge in [-0.25, -0.2) is 14.6 Å². The molecule has 10 heteroatoms. The molecule has 2 N–H and O–H groups in total. The number of ether oxygens (including phenoxy) is 2. The first-order valence-corrected chi connectivity index (χ1v) is 10.2.